The predicted octanol–water partition coefficient (Wildman–Crippen LogP) is 3.09. The van der Waals surface area contributed by atoms with Crippen molar-refractivity contribution in [2.24, 2.45) is 0 Å². The quantitative estimate of drug-likeness (QED) is 0.925. The molecule has 2 aromatic rings. The van der Waals surface area contributed by atoms with E-state index < -0.39 is 0 Å². The summed E-state index contributed by atoms with van der Waals surface area (Å²) in [6, 6.07) is 0.374. The van der Waals surface area contributed by atoms with E-state index in [2.05, 4.69) is 34.5 Å². The number of thiazole rings is 2. The van der Waals surface area contributed by atoms with Gasteiger partial charge >= 0.3 is 0 Å². The Morgan fingerprint density at radius 2 is 2.06 bits per heavy atom. The molecule has 0 fully saturated rings. The fourth-order valence-electron chi connectivity index (χ4n) is 1.69. The Labute approximate surface area is 110 Å². The monoisotopic (exact) mass is 267 g/mol. The molecule has 1 unspecified atom stereocenters. The smallest absolute Gasteiger partial charge is 0.0999 e. The van der Waals surface area contributed by atoms with Crippen LogP contribution in [-0.4, -0.2) is 17.0 Å². The van der Waals surface area contributed by atoms with Gasteiger partial charge in [0.2, 0.25) is 0 Å². The summed E-state index contributed by atoms with van der Waals surface area (Å²) in [4.78, 5) is 10.4. The number of hydrogen-bond acceptors (Lipinski definition) is 5. The van der Waals surface area contributed by atoms with Crippen LogP contribution in [0.2, 0.25) is 0 Å². The Morgan fingerprint density at radius 3 is 2.65 bits per heavy atom. The molecule has 0 aromatic carbocycles. The minimum absolute atomic E-state index is 0.374. The van der Waals surface area contributed by atoms with Crippen LogP contribution in [0.4, 0.5) is 0 Å². The van der Waals surface area contributed by atoms with Gasteiger partial charge in [-0.15, -0.1) is 22.7 Å². The van der Waals surface area contributed by atoms with E-state index >= 15 is 0 Å². The molecule has 0 saturated heterocycles. The number of nitrogens with zero attached hydrogens (tertiary/aromatic N) is 2. The van der Waals surface area contributed by atoms with Gasteiger partial charge in [0.05, 0.1) is 22.1 Å². The molecule has 5 heteroatoms. The van der Waals surface area contributed by atoms with Gasteiger partial charge < -0.3 is 5.32 Å². The van der Waals surface area contributed by atoms with Crippen molar-refractivity contribution in [1.82, 2.24) is 15.3 Å². The van der Waals surface area contributed by atoms with E-state index in [9.17, 15) is 0 Å². The lowest BCUT2D eigenvalue weighted by atomic mass is 10.2. The summed E-state index contributed by atoms with van der Waals surface area (Å²) in [5.74, 6) is 0. The highest BCUT2D eigenvalue weighted by molar-refractivity contribution is 7.12. The average Bonchev–Trinajstić information content (AvgIpc) is 2.85. The highest BCUT2D eigenvalue weighted by Gasteiger charge is 2.13. The Bertz CT molecular complexity index is 502. The molecule has 1 atom stereocenters. The van der Waals surface area contributed by atoms with Crippen LogP contribution in [0.5, 0.6) is 0 Å². The highest BCUT2D eigenvalue weighted by Crippen LogP contribution is 2.26. The molecule has 3 nitrogen and oxygen atoms in total. The standard InChI is InChI=1S/C12H17N3S2/c1-7-6-16-10(14-7)5-11-15-9(3)12(17-11)8(2)13-4/h6,8,13H,5H2,1-4H3. The minimum atomic E-state index is 0.374. The molecule has 0 aliphatic heterocycles. The van der Waals surface area contributed by atoms with Crippen molar-refractivity contribution in [2.75, 3.05) is 7.05 Å². The third kappa shape index (κ3) is 2.91. The van der Waals surface area contributed by atoms with Crippen molar-refractivity contribution in [3.05, 3.63) is 31.7 Å². The van der Waals surface area contributed by atoms with Gasteiger partial charge in [0.1, 0.15) is 0 Å². The SMILES string of the molecule is CNC(C)c1sc(Cc2nc(C)cs2)nc1C. The summed E-state index contributed by atoms with van der Waals surface area (Å²) in [6.07, 6.45) is 0.862. The summed E-state index contributed by atoms with van der Waals surface area (Å²) in [6.45, 7) is 6.27. The molecule has 0 amide bonds. The van der Waals surface area contributed by atoms with E-state index in [0.717, 1.165) is 27.8 Å². The predicted molar refractivity (Wildman–Crippen MR) is 74.0 cm³/mol. The largest absolute Gasteiger partial charge is 0.312 e. The number of rotatable bonds is 4. The third-order valence-electron chi connectivity index (χ3n) is 2.67. The van der Waals surface area contributed by atoms with Crippen molar-refractivity contribution in [2.45, 2.75) is 33.2 Å². The fraction of sp³-hybridized carbons (Fsp3) is 0.500. The zero-order valence-corrected chi connectivity index (χ0v) is 12.2. The molecule has 0 aliphatic carbocycles. The Balaban J connectivity index is 2.17. The maximum absolute atomic E-state index is 4.63. The van der Waals surface area contributed by atoms with Crippen LogP contribution >= 0.6 is 22.7 Å². The minimum Gasteiger partial charge on any atom is -0.312 e. The third-order valence-corrected chi connectivity index (χ3v) is 4.98. The lowest BCUT2D eigenvalue weighted by Crippen LogP contribution is -2.11. The summed E-state index contributed by atoms with van der Waals surface area (Å²) in [5, 5.41) is 7.66. The van der Waals surface area contributed by atoms with Gasteiger partial charge in [-0.25, -0.2) is 9.97 Å². The molecule has 0 aliphatic rings. The summed E-state index contributed by atoms with van der Waals surface area (Å²) >= 11 is 3.50. The van der Waals surface area contributed by atoms with E-state index in [1.165, 1.54) is 4.88 Å². The molecule has 92 valence electrons. The molecule has 2 rings (SSSR count). The van der Waals surface area contributed by atoms with Crippen LogP contribution in [0.25, 0.3) is 0 Å². The van der Waals surface area contributed by atoms with E-state index in [4.69, 9.17) is 0 Å². The van der Waals surface area contributed by atoms with Crippen LogP contribution < -0.4 is 5.32 Å². The molecule has 2 heterocycles. The summed E-state index contributed by atoms with van der Waals surface area (Å²) in [5.41, 5.74) is 2.24. The van der Waals surface area contributed by atoms with Gasteiger partial charge in [-0.3, -0.25) is 0 Å². The fourth-order valence-corrected chi connectivity index (χ4v) is 3.69. The number of aryl methyl sites for hydroxylation is 2. The van der Waals surface area contributed by atoms with E-state index in [1.807, 2.05) is 14.0 Å². The number of nitrogens with one attached hydrogen (secondary N) is 1. The first-order chi connectivity index (χ1) is 8.10. The number of hydrogen-bond donors (Lipinski definition) is 1. The molecule has 2 aromatic heterocycles. The van der Waals surface area contributed by atoms with Crippen LogP contribution in [-0.2, 0) is 6.42 Å². The molecule has 0 bridgehead atoms. The zero-order valence-electron chi connectivity index (χ0n) is 10.6. The van der Waals surface area contributed by atoms with Crippen molar-refractivity contribution >= 4 is 22.7 Å². The second-order valence-electron chi connectivity index (χ2n) is 4.13. The van der Waals surface area contributed by atoms with Gasteiger partial charge in [0, 0.05) is 22.0 Å². The lowest BCUT2D eigenvalue weighted by Gasteiger charge is -2.06. The maximum atomic E-state index is 4.63. The van der Waals surface area contributed by atoms with Crippen molar-refractivity contribution in [1.29, 1.82) is 0 Å². The topological polar surface area (TPSA) is 37.8 Å². The van der Waals surface area contributed by atoms with Gasteiger partial charge in [0.25, 0.3) is 0 Å². The Hall–Kier alpha value is -0.780. The van der Waals surface area contributed by atoms with Crippen molar-refractivity contribution in [3.63, 3.8) is 0 Å². The second kappa shape index (κ2) is 5.25. The normalized spacial score (nSPS) is 12.9. The van der Waals surface area contributed by atoms with Gasteiger partial charge in [-0.2, -0.15) is 0 Å². The lowest BCUT2D eigenvalue weighted by molar-refractivity contribution is 0.658. The molecule has 0 saturated carbocycles. The molecule has 1 N–H and O–H groups in total. The summed E-state index contributed by atoms with van der Waals surface area (Å²) in [7, 11) is 1.98. The molecule has 0 spiro atoms. The van der Waals surface area contributed by atoms with E-state index in [-0.39, 0.29) is 0 Å². The van der Waals surface area contributed by atoms with E-state index in [0.29, 0.717) is 6.04 Å². The van der Waals surface area contributed by atoms with Crippen molar-refractivity contribution in [3.8, 4) is 0 Å². The second-order valence-corrected chi connectivity index (χ2v) is 6.18. The van der Waals surface area contributed by atoms with E-state index in [1.54, 1.807) is 22.7 Å². The molecular formula is C12H17N3S2. The van der Waals surface area contributed by atoms with Gasteiger partial charge in [-0.1, -0.05) is 0 Å². The first-order valence-corrected chi connectivity index (χ1v) is 7.34. The Morgan fingerprint density at radius 1 is 1.29 bits per heavy atom. The Kier molecular flexibility index (Phi) is 3.91. The first kappa shape index (κ1) is 12.7. The molecule has 17 heavy (non-hydrogen) atoms. The van der Waals surface area contributed by atoms with Crippen LogP contribution in [0.3, 0.4) is 0 Å². The highest BCUT2D eigenvalue weighted by atomic mass is 32.1. The summed E-state index contributed by atoms with van der Waals surface area (Å²) < 4.78 is 0. The molecular weight excluding hydrogens is 250 g/mol. The molecule has 0 radical (unpaired) electrons. The van der Waals surface area contributed by atoms with Crippen LogP contribution in [0.15, 0.2) is 5.38 Å². The number of aromatic nitrogens is 2. The van der Waals surface area contributed by atoms with Crippen LogP contribution in [0.1, 0.15) is 39.2 Å². The average molecular weight is 267 g/mol. The van der Waals surface area contributed by atoms with Gasteiger partial charge in [-0.05, 0) is 27.8 Å². The van der Waals surface area contributed by atoms with Crippen molar-refractivity contribution < 1.29 is 0 Å². The first-order valence-electron chi connectivity index (χ1n) is 5.64. The maximum Gasteiger partial charge on any atom is 0.0999 e. The zero-order chi connectivity index (χ0) is 12.4. The van der Waals surface area contributed by atoms with Gasteiger partial charge in [0.15, 0.2) is 0 Å². The van der Waals surface area contributed by atoms with Crippen LogP contribution in [0, 0.1) is 13.8 Å².